The molecule has 2 nitrogen and oxygen atoms in total. The number of fused-ring (bicyclic) bond motifs is 1. The van der Waals surface area contributed by atoms with E-state index in [2.05, 4.69) is 11.9 Å². The molecule has 2 heterocycles. The molecule has 0 bridgehead atoms. The lowest BCUT2D eigenvalue weighted by Gasteiger charge is -2.27. The highest BCUT2D eigenvalue weighted by atomic mass is 32.2. The van der Waals surface area contributed by atoms with Crippen molar-refractivity contribution in [2.45, 2.75) is 19.4 Å². The summed E-state index contributed by atoms with van der Waals surface area (Å²) in [5.41, 5.74) is 0. The van der Waals surface area contributed by atoms with Gasteiger partial charge in [0.25, 0.3) is 0 Å². The third kappa shape index (κ3) is 1.64. The van der Waals surface area contributed by atoms with E-state index in [1.165, 1.54) is 17.9 Å². The number of likely N-dealkylation sites (N-methyl/N-ethyl adjacent to an activating group) is 1. The smallest absolute Gasteiger partial charge is 0.147 e. The van der Waals surface area contributed by atoms with Gasteiger partial charge in [-0.15, -0.1) is 0 Å². The Morgan fingerprint density at radius 1 is 1.54 bits per heavy atom. The Balaban J connectivity index is 2.13. The number of carbonyl (C=O) groups is 1. The second-order valence-electron chi connectivity index (χ2n) is 4.28. The molecule has 2 fully saturated rings. The standard InChI is InChI=1S/C10H17NOS/c1-7(12)10-9-6-13-4-3-8(9)5-11(10)2/h8-10H,3-6H2,1-2H3. The van der Waals surface area contributed by atoms with Crippen molar-refractivity contribution in [2.24, 2.45) is 11.8 Å². The lowest BCUT2D eigenvalue weighted by atomic mass is 9.88. The van der Waals surface area contributed by atoms with E-state index in [1.54, 1.807) is 6.92 Å². The number of rotatable bonds is 1. The van der Waals surface area contributed by atoms with Gasteiger partial charge in [-0.25, -0.2) is 0 Å². The van der Waals surface area contributed by atoms with Crippen LogP contribution in [0.3, 0.4) is 0 Å². The first-order valence-corrected chi connectivity index (χ1v) is 6.14. The molecule has 2 saturated heterocycles. The van der Waals surface area contributed by atoms with Gasteiger partial charge in [0, 0.05) is 6.54 Å². The number of Topliss-reactive ketones (excluding diaryl/α,β-unsaturated/α-hetero) is 1. The van der Waals surface area contributed by atoms with Crippen LogP contribution in [0.2, 0.25) is 0 Å². The van der Waals surface area contributed by atoms with Crippen LogP contribution in [0.4, 0.5) is 0 Å². The van der Waals surface area contributed by atoms with Crippen LogP contribution >= 0.6 is 11.8 Å². The third-order valence-corrected chi connectivity index (χ3v) is 4.51. The van der Waals surface area contributed by atoms with Gasteiger partial charge in [-0.3, -0.25) is 9.69 Å². The van der Waals surface area contributed by atoms with E-state index in [9.17, 15) is 4.79 Å². The van der Waals surface area contributed by atoms with Crippen LogP contribution in [-0.2, 0) is 4.79 Å². The summed E-state index contributed by atoms with van der Waals surface area (Å²) in [5, 5.41) is 0. The van der Waals surface area contributed by atoms with Gasteiger partial charge in [0.2, 0.25) is 0 Å². The number of likely N-dealkylation sites (tertiary alicyclic amines) is 1. The summed E-state index contributed by atoms with van der Waals surface area (Å²) in [4.78, 5) is 13.7. The van der Waals surface area contributed by atoms with Crippen LogP contribution in [0.5, 0.6) is 0 Å². The fraction of sp³-hybridized carbons (Fsp3) is 0.900. The maximum Gasteiger partial charge on any atom is 0.147 e. The minimum absolute atomic E-state index is 0.220. The Labute approximate surface area is 84.1 Å². The molecule has 0 aliphatic carbocycles. The number of nitrogens with zero attached hydrogens (tertiary/aromatic N) is 1. The predicted molar refractivity (Wildman–Crippen MR) is 56.0 cm³/mol. The molecule has 3 unspecified atom stereocenters. The molecule has 0 saturated carbocycles. The Hall–Kier alpha value is -0.0200. The highest BCUT2D eigenvalue weighted by Gasteiger charge is 2.43. The van der Waals surface area contributed by atoms with Gasteiger partial charge in [-0.2, -0.15) is 11.8 Å². The lowest BCUT2D eigenvalue weighted by molar-refractivity contribution is -0.121. The van der Waals surface area contributed by atoms with E-state index in [0.717, 1.165) is 12.5 Å². The summed E-state index contributed by atoms with van der Waals surface area (Å²) in [7, 11) is 2.09. The van der Waals surface area contributed by atoms with Crippen LogP contribution < -0.4 is 0 Å². The van der Waals surface area contributed by atoms with Gasteiger partial charge in [0.05, 0.1) is 6.04 Å². The Morgan fingerprint density at radius 2 is 2.31 bits per heavy atom. The van der Waals surface area contributed by atoms with Crippen LogP contribution in [-0.4, -0.2) is 41.8 Å². The van der Waals surface area contributed by atoms with Gasteiger partial charge >= 0.3 is 0 Å². The van der Waals surface area contributed by atoms with Crippen molar-refractivity contribution in [3.63, 3.8) is 0 Å². The van der Waals surface area contributed by atoms with Crippen molar-refractivity contribution in [2.75, 3.05) is 25.1 Å². The minimum Gasteiger partial charge on any atom is -0.298 e. The van der Waals surface area contributed by atoms with E-state index in [0.29, 0.717) is 11.7 Å². The molecule has 2 aliphatic rings. The summed E-state index contributed by atoms with van der Waals surface area (Å²) in [6.45, 7) is 2.87. The Morgan fingerprint density at radius 3 is 3.00 bits per heavy atom. The van der Waals surface area contributed by atoms with E-state index in [1.807, 2.05) is 11.8 Å². The highest BCUT2D eigenvalue weighted by Crippen LogP contribution is 2.38. The predicted octanol–water partition coefficient (Wildman–Crippen LogP) is 1.26. The zero-order valence-corrected chi connectivity index (χ0v) is 9.14. The summed E-state index contributed by atoms with van der Waals surface area (Å²) < 4.78 is 0. The Kier molecular flexibility index (Phi) is 2.65. The summed E-state index contributed by atoms with van der Waals surface area (Å²) in [5.74, 6) is 4.28. The van der Waals surface area contributed by atoms with Gasteiger partial charge in [0.15, 0.2) is 0 Å². The molecule has 13 heavy (non-hydrogen) atoms. The molecule has 0 aromatic rings. The van der Waals surface area contributed by atoms with Crippen molar-refractivity contribution in [3.8, 4) is 0 Å². The molecule has 0 aromatic carbocycles. The van der Waals surface area contributed by atoms with Gasteiger partial charge in [-0.1, -0.05) is 0 Å². The van der Waals surface area contributed by atoms with Crippen molar-refractivity contribution in [3.05, 3.63) is 0 Å². The molecule has 0 spiro atoms. The second-order valence-corrected chi connectivity index (χ2v) is 5.43. The van der Waals surface area contributed by atoms with Crippen molar-refractivity contribution in [1.82, 2.24) is 4.90 Å². The fourth-order valence-corrected chi connectivity index (χ4v) is 4.16. The first kappa shape index (κ1) is 9.53. The Bertz CT molecular complexity index is 219. The van der Waals surface area contributed by atoms with E-state index in [4.69, 9.17) is 0 Å². The van der Waals surface area contributed by atoms with E-state index in [-0.39, 0.29) is 6.04 Å². The lowest BCUT2D eigenvalue weighted by Crippen LogP contribution is -2.37. The van der Waals surface area contributed by atoms with Crippen molar-refractivity contribution in [1.29, 1.82) is 0 Å². The molecule has 3 atom stereocenters. The maximum absolute atomic E-state index is 11.5. The van der Waals surface area contributed by atoms with Gasteiger partial charge < -0.3 is 0 Å². The molecule has 0 radical (unpaired) electrons. The minimum atomic E-state index is 0.220. The second kappa shape index (κ2) is 3.62. The van der Waals surface area contributed by atoms with Crippen LogP contribution in [0, 0.1) is 11.8 Å². The van der Waals surface area contributed by atoms with Crippen LogP contribution in [0.15, 0.2) is 0 Å². The highest BCUT2D eigenvalue weighted by molar-refractivity contribution is 7.99. The van der Waals surface area contributed by atoms with Crippen molar-refractivity contribution < 1.29 is 4.79 Å². The molecule has 0 amide bonds. The number of hydrogen-bond acceptors (Lipinski definition) is 3. The summed E-state index contributed by atoms with van der Waals surface area (Å²) in [6, 6.07) is 0.220. The molecule has 2 rings (SSSR count). The molecular formula is C10H17NOS. The average molecular weight is 199 g/mol. The largest absolute Gasteiger partial charge is 0.298 e. The van der Waals surface area contributed by atoms with E-state index >= 15 is 0 Å². The molecule has 2 aliphatic heterocycles. The molecular weight excluding hydrogens is 182 g/mol. The third-order valence-electron chi connectivity index (χ3n) is 3.37. The normalized spacial score (nSPS) is 40.3. The van der Waals surface area contributed by atoms with Crippen LogP contribution in [0.1, 0.15) is 13.3 Å². The number of thioether (sulfide) groups is 1. The SMILES string of the molecule is CC(=O)C1C2CSCCC2CN1C. The first-order valence-electron chi connectivity index (χ1n) is 4.98. The quantitative estimate of drug-likeness (QED) is 0.634. The maximum atomic E-state index is 11.5. The summed E-state index contributed by atoms with van der Waals surface area (Å²) in [6.07, 6.45) is 1.31. The van der Waals surface area contributed by atoms with E-state index < -0.39 is 0 Å². The monoisotopic (exact) mass is 199 g/mol. The zero-order chi connectivity index (χ0) is 9.42. The van der Waals surface area contributed by atoms with Crippen LogP contribution in [0.25, 0.3) is 0 Å². The molecule has 3 heteroatoms. The average Bonchev–Trinajstić information content (AvgIpc) is 2.39. The molecule has 74 valence electrons. The molecule has 0 N–H and O–H groups in total. The molecule has 0 aromatic heterocycles. The van der Waals surface area contributed by atoms with Gasteiger partial charge in [-0.05, 0) is 43.7 Å². The number of ketones is 1. The zero-order valence-electron chi connectivity index (χ0n) is 8.32. The van der Waals surface area contributed by atoms with Crippen molar-refractivity contribution >= 4 is 17.5 Å². The summed E-state index contributed by atoms with van der Waals surface area (Å²) >= 11 is 2.02. The number of hydrogen-bond donors (Lipinski definition) is 0. The fourth-order valence-electron chi connectivity index (χ4n) is 2.80. The van der Waals surface area contributed by atoms with Gasteiger partial charge in [0.1, 0.15) is 5.78 Å². The first-order chi connectivity index (χ1) is 6.20. The topological polar surface area (TPSA) is 20.3 Å². The number of carbonyl (C=O) groups excluding carboxylic acids is 1.